The van der Waals surface area contributed by atoms with Gasteiger partial charge in [-0.2, -0.15) is 0 Å². The summed E-state index contributed by atoms with van der Waals surface area (Å²) in [7, 11) is 1.45. The molecule has 0 saturated heterocycles. The number of hydrogen-bond acceptors (Lipinski definition) is 6. The Morgan fingerprint density at radius 1 is 1.27 bits per heavy atom. The minimum absolute atomic E-state index is 0.0113. The van der Waals surface area contributed by atoms with Gasteiger partial charge in [0.1, 0.15) is 0 Å². The molecule has 2 aromatic rings. The zero-order valence-corrected chi connectivity index (χ0v) is 14.5. The average Bonchev–Trinajstić information content (AvgIpc) is 2.61. The molecule has 0 aliphatic rings. The van der Waals surface area contributed by atoms with Crippen molar-refractivity contribution in [1.29, 1.82) is 0 Å². The van der Waals surface area contributed by atoms with Gasteiger partial charge in [-0.25, -0.2) is 4.79 Å². The highest BCUT2D eigenvalue weighted by Gasteiger charge is 2.15. The van der Waals surface area contributed by atoms with E-state index < -0.39 is 17.0 Å². The molecule has 26 heavy (non-hydrogen) atoms. The van der Waals surface area contributed by atoms with Gasteiger partial charge in [-0.3, -0.25) is 15.1 Å². The standard InChI is InChI=1S/C18H18N2O6/c1-11-8-14(20(23)24)5-6-15(11)19-10-13-4-7-16(17(9-13)25-3)26-12(2)18(21)22/h4-10,12H,1-3H3,(H,21,22)/t12-/m1/s1. The average molecular weight is 358 g/mol. The number of nitro benzene ring substituents is 1. The summed E-state index contributed by atoms with van der Waals surface area (Å²) in [5.74, 6) is -0.389. The van der Waals surface area contributed by atoms with E-state index in [2.05, 4.69) is 4.99 Å². The van der Waals surface area contributed by atoms with Crippen LogP contribution in [0.3, 0.4) is 0 Å². The molecule has 1 N–H and O–H groups in total. The summed E-state index contributed by atoms with van der Waals surface area (Å²) in [5.41, 5.74) is 2.00. The molecule has 0 radical (unpaired) electrons. The first kappa shape index (κ1) is 18.9. The fourth-order valence-electron chi connectivity index (χ4n) is 2.14. The van der Waals surface area contributed by atoms with Crippen LogP contribution in [-0.2, 0) is 4.79 Å². The Labute approximate surface area is 149 Å². The topological polar surface area (TPSA) is 111 Å². The molecule has 2 rings (SSSR count). The number of hydrogen-bond donors (Lipinski definition) is 1. The van der Waals surface area contributed by atoms with E-state index >= 15 is 0 Å². The molecular weight excluding hydrogens is 340 g/mol. The number of carbonyl (C=O) groups is 1. The minimum atomic E-state index is -1.08. The van der Waals surface area contributed by atoms with E-state index in [-0.39, 0.29) is 5.69 Å². The minimum Gasteiger partial charge on any atom is -0.493 e. The van der Waals surface area contributed by atoms with Crippen molar-refractivity contribution in [2.45, 2.75) is 20.0 Å². The van der Waals surface area contributed by atoms with Crippen LogP contribution in [0, 0.1) is 17.0 Å². The summed E-state index contributed by atoms with van der Waals surface area (Å²) >= 11 is 0. The molecule has 2 aromatic carbocycles. The Hall–Kier alpha value is -3.42. The molecule has 0 fully saturated rings. The van der Waals surface area contributed by atoms with Crippen molar-refractivity contribution in [3.05, 3.63) is 57.6 Å². The van der Waals surface area contributed by atoms with Crippen molar-refractivity contribution in [2.24, 2.45) is 4.99 Å². The van der Waals surface area contributed by atoms with Crippen molar-refractivity contribution in [2.75, 3.05) is 7.11 Å². The number of aliphatic carboxylic acids is 1. The number of carboxylic acid groups (broad SMARTS) is 1. The number of aryl methyl sites for hydroxylation is 1. The van der Waals surface area contributed by atoms with Crippen molar-refractivity contribution >= 4 is 23.6 Å². The zero-order valence-electron chi connectivity index (χ0n) is 14.5. The number of carboxylic acids is 1. The maximum atomic E-state index is 10.9. The number of methoxy groups -OCH3 is 1. The van der Waals surface area contributed by atoms with Crippen LogP contribution in [-0.4, -0.2) is 35.4 Å². The largest absolute Gasteiger partial charge is 0.493 e. The molecule has 0 spiro atoms. The van der Waals surface area contributed by atoms with Gasteiger partial charge in [-0.05, 0) is 49.2 Å². The normalized spacial score (nSPS) is 12.0. The lowest BCUT2D eigenvalue weighted by Crippen LogP contribution is -2.23. The molecule has 0 aliphatic carbocycles. The van der Waals surface area contributed by atoms with Crippen LogP contribution >= 0.6 is 0 Å². The van der Waals surface area contributed by atoms with E-state index in [0.29, 0.717) is 28.3 Å². The van der Waals surface area contributed by atoms with Crippen molar-refractivity contribution in [3.63, 3.8) is 0 Å². The first-order chi connectivity index (χ1) is 12.3. The number of aliphatic imine (C=N–C) groups is 1. The quantitative estimate of drug-likeness (QED) is 0.460. The first-order valence-corrected chi connectivity index (χ1v) is 7.68. The third-order valence-corrected chi connectivity index (χ3v) is 3.58. The van der Waals surface area contributed by atoms with Crippen LogP contribution < -0.4 is 9.47 Å². The second-order valence-corrected chi connectivity index (χ2v) is 5.49. The van der Waals surface area contributed by atoms with E-state index in [0.717, 1.165) is 0 Å². The number of nitrogens with zero attached hydrogens (tertiary/aromatic N) is 2. The second kappa shape index (κ2) is 8.11. The van der Waals surface area contributed by atoms with Gasteiger partial charge in [0, 0.05) is 18.3 Å². The van der Waals surface area contributed by atoms with Gasteiger partial charge in [0.2, 0.25) is 0 Å². The molecule has 0 amide bonds. The molecule has 0 heterocycles. The van der Waals surface area contributed by atoms with E-state index in [9.17, 15) is 14.9 Å². The fourth-order valence-corrected chi connectivity index (χ4v) is 2.14. The highest BCUT2D eigenvalue weighted by molar-refractivity contribution is 5.83. The second-order valence-electron chi connectivity index (χ2n) is 5.49. The molecule has 0 aromatic heterocycles. The third kappa shape index (κ3) is 4.56. The molecule has 8 heteroatoms. The maximum absolute atomic E-state index is 10.9. The number of nitro groups is 1. The highest BCUT2D eigenvalue weighted by Crippen LogP contribution is 2.29. The molecule has 0 aliphatic heterocycles. The Morgan fingerprint density at radius 2 is 2.00 bits per heavy atom. The van der Waals surface area contributed by atoms with Gasteiger partial charge < -0.3 is 14.6 Å². The first-order valence-electron chi connectivity index (χ1n) is 7.68. The van der Waals surface area contributed by atoms with Crippen LogP contribution in [0.5, 0.6) is 11.5 Å². The van der Waals surface area contributed by atoms with Crippen LogP contribution in [0.15, 0.2) is 41.4 Å². The van der Waals surface area contributed by atoms with Crippen molar-refractivity contribution in [1.82, 2.24) is 0 Å². The lowest BCUT2D eigenvalue weighted by Gasteiger charge is -2.14. The molecule has 0 saturated carbocycles. The Morgan fingerprint density at radius 3 is 2.58 bits per heavy atom. The van der Waals surface area contributed by atoms with Gasteiger partial charge >= 0.3 is 5.97 Å². The molecular formula is C18H18N2O6. The van der Waals surface area contributed by atoms with E-state index in [1.54, 1.807) is 37.4 Å². The van der Waals surface area contributed by atoms with Crippen LogP contribution in [0.2, 0.25) is 0 Å². The number of benzene rings is 2. The molecule has 136 valence electrons. The summed E-state index contributed by atoms with van der Waals surface area (Å²) in [6, 6.07) is 9.39. The van der Waals surface area contributed by atoms with Crippen LogP contribution in [0.4, 0.5) is 11.4 Å². The molecule has 0 bridgehead atoms. The molecule has 1 atom stereocenters. The van der Waals surface area contributed by atoms with Crippen molar-refractivity contribution < 1.29 is 24.3 Å². The zero-order chi connectivity index (χ0) is 19.3. The monoisotopic (exact) mass is 358 g/mol. The summed E-state index contributed by atoms with van der Waals surface area (Å²) in [6.45, 7) is 3.17. The number of rotatable bonds is 7. The summed E-state index contributed by atoms with van der Waals surface area (Å²) in [6.07, 6.45) is 0.576. The number of ether oxygens (including phenoxy) is 2. The predicted octanol–water partition coefficient (Wildman–Crippen LogP) is 3.51. The molecule has 8 nitrogen and oxygen atoms in total. The lowest BCUT2D eigenvalue weighted by atomic mass is 10.1. The molecule has 0 unspecified atom stereocenters. The summed E-state index contributed by atoms with van der Waals surface area (Å²) in [4.78, 5) is 25.5. The SMILES string of the molecule is COc1cc(C=Nc2ccc([N+](=O)[O-])cc2C)ccc1O[C@H](C)C(=O)O. The van der Waals surface area contributed by atoms with Gasteiger partial charge in [0.05, 0.1) is 17.7 Å². The van der Waals surface area contributed by atoms with E-state index in [1.807, 2.05) is 0 Å². The smallest absolute Gasteiger partial charge is 0.344 e. The maximum Gasteiger partial charge on any atom is 0.344 e. The number of non-ortho nitro benzene ring substituents is 1. The van der Waals surface area contributed by atoms with Crippen molar-refractivity contribution in [3.8, 4) is 11.5 Å². The van der Waals surface area contributed by atoms with Crippen LogP contribution in [0.25, 0.3) is 0 Å². The van der Waals surface area contributed by atoms with E-state index in [4.69, 9.17) is 14.6 Å². The highest BCUT2D eigenvalue weighted by atomic mass is 16.6. The Kier molecular flexibility index (Phi) is 5.90. The van der Waals surface area contributed by atoms with Crippen LogP contribution in [0.1, 0.15) is 18.1 Å². The van der Waals surface area contributed by atoms with Gasteiger partial charge in [-0.15, -0.1) is 0 Å². The lowest BCUT2D eigenvalue weighted by molar-refractivity contribution is -0.384. The summed E-state index contributed by atoms with van der Waals surface area (Å²) in [5, 5.41) is 19.7. The fraction of sp³-hybridized carbons (Fsp3) is 0.222. The third-order valence-electron chi connectivity index (χ3n) is 3.58. The van der Waals surface area contributed by atoms with Gasteiger partial charge in [0.15, 0.2) is 17.6 Å². The predicted molar refractivity (Wildman–Crippen MR) is 95.8 cm³/mol. The Balaban J connectivity index is 2.23. The van der Waals surface area contributed by atoms with Gasteiger partial charge in [0.25, 0.3) is 5.69 Å². The Bertz CT molecular complexity index is 863. The summed E-state index contributed by atoms with van der Waals surface area (Å²) < 4.78 is 10.6. The van der Waals surface area contributed by atoms with E-state index in [1.165, 1.54) is 26.2 Å². The van der Waals surface area contributed by atoms with Gasteiger partial charge in [-0.1, -0.05) is 0 Å².